The topological polar surface area (TPSA) is 178 Å². The number of azo groups is 2. The number of aryl methyl sites for hydroxylation is 3. The number of benzene rings is 16. The molecule has 22 aromatic rings. The largest absolute Gasteiger partial charge is 4.00 e. The first kappa shape index (κ1) is 107. The van der Waals surface area contributed by atoms with Gasteiger partial charge in [0, 0.05) is 111 Å². The van der Waals surface area contributed by atoms with Gasteiger partial charge in [-0.05, 0) is 148 Å². The molecule has 0 saturated heterocycles. The summed E-state index contributed by atoms with van der Waals surface area (Å²) in [6.45, 7) is 12.2. The first-order chi connectivity index (χ1) is 69.9. The van der Waals surface area contributed by atoms with E-state index in [1.165, 1.54) is 44.5 Å². The SMILES string of the molecule is CC1C=CN=[N+]1c1[c-]cccc1.CN1C=CN(c2[c-]cccc2)[CH-]1.Cc1[n-]c(-c2[c-]cccc2)nc1-c1ccc(-c2ccccc2)cc1.Cc1c(-c2ccc(-c3ccccc3)cc2)n[n-]c1-c1[c-]cccc1.Cc1cc(C)n(-c2[c-]cccc2)n1.[Pt+4].[Pt].[Pt].[Pt].[c-]1ccccc1-c1cc(-c2ccc(-c3ccccc3)cc2)n[n-]1.[c-]1ccccc1-c1nc(-c2ccc(-c3ccccc3)cc2)n[n-]1.[c-]1ccccc1-n1cccn1. The first-order valence-electron chi connectivity index (χ1n) is 46.4. The van der Waals surface area contributed by atoms with Gasteiger partial charge in [0.15, 0.2) is 6.04 Å². The van der Waals surface area contributed by atoms with Crippen LogP contribution in [0.3, 0.4) is 0 Å². The Balaban J connectivity index is 0.000000141. The maximum absolute atomic E-state index is 4.71. The summed E-state index contributed by atoms with van der Waals surface area (Å²) in [4.78, 5) is 17.8. The zero-order valence-corrected chi connectivity index (χ0v) is 89.6. The van der Waals surface area contributed by atoms with Crippen molar-refractivity contribution in [2.75, 3.05) is 11.9 Å². The van der Waals surface area contributed by atoms with Crippen LogP contribution in [0.4, 0.5) is 11.4 Å². The molecule has 0 aliphatic carbocycles. The van der Waals surface area contributed by atoms with Crippen molar-refractivity contribution in [1.82, 2.24) is 70.0 Å². The molecule has 2 aliphatic rings. The van der Waals surface area contributed by atoms with Gasteiger partial charge in [-0.15, -0.1) is 162 Å². The molecule has 0 bridgehead atoms. The second-order valence-electron chi connectivity index (χ2n) is 32.8. The molecule has 0 fully saturated rings. The number of imidazole rings is 1. The van der Waals surface area contributed by atoms with Crippen LogP contribution in [0.2, 0.25) is 0 Å². The Labute approximate surface area is 911 Å². The fourth-order valence-corrected chi connectivity index (χ4v) is 15.4. The van der Waals surface area contributed by atoms with Gasteiger partial charge in [0.25, 0.3) is 0 Å². The monoisotopic (exact) mass is 2620 g/mol. The second kappa shape index (κ2) is 55.1. The van der Waals surface area contributed by atoms with E-state index < -0.39 is 0 Å². The zero-order valence-electron chi connectivity index (χ0n) is 80.5. The third-order valence-electron chi connectivity index (χ3n) is 22.7. The fourth-order valence-electron chi connectivity index (χ4n) is 15.4. The van der Waals surface area contributed by atoms with Gasteiger partial charge in [-0.25, -0.2) is 11.4 Å². The van der Waals surface area contributed by atoms with Crippen molar-refractivity contribution in [2.24, 2.45) is 5.11 Å². The Morgan fingerprint density at radius 2 is 0.795 bits per heavy atom. The van der Waals surface area contributed by atoms with Gasteiger partial charge in [0.05, 0.1) is 11.9 Å². The molecule has 16 aromatic carbocycles. The van der Waals surface area contributed by atoms with Gasteiger partial charge >= 0.3 is 21.1 Å². The van der Waals surface area contributed by atoms with Crippen molar-refractivity contribution in [3.05, 3.63) is 546 Å². The summed E-state index contributed by atoms with van der Waals surface area (Å²) in [5.74, 6) is 1.97. The third kappa shape index (κ3) is 29.5. The van der Waals surface area contributed by atoms with E-state index >= 15 is 0 Å². The minimum Gasteiger partial charge on any atom is -0.618 e. The van der Waals surface area contributed by atoms with Gasteiger partial charge in [-0.2, -0.15) is 136 Å². The van der Waals surface area contributed by atoms with Gasteiger partial charge in [-0.1, -0.05) is 242 Å². The van der Waals surface area contributed by atoms with E-state index in [1.807, 2.05) is 333 Å². The Kier molecular flexibility index (Phi) is 40.6. The predicted octanol–water partition coefficient (Wildman–Crippen LogP) is 27.7. The number of nitrogens with zero attached hydrogens (tertiary/aromatic N) is 17. The smallest absolute Gasteiger partial charge is 0.618 e. The van der Waals surface area contributed by atoms with E-state index in [2.05, 4.69) is 300 Å². The molecule has 0 spiro atoms. The molecular formula is C125H97N17Pt4-8. The summed E-state index contributed by atoms with van der Waals surface area (Å²) in [6, 6.07) is 169. The van der Waals surface area contributed by atoms with E-state index in [9.17, 15) is 0 Å². The van der Waals surface area contributed by atoms with Gasteiger partial charge < -0.3 is 50.2 Å². The van der Waals surface area contributed by atoms with Crippen molar-refractivity contribution < 1.29 is 89.0 Å². The molecule has 0 radical (unpaired) electrons. The maximum atomic E-state index is 4.71. The third-order valence-corrected chi connectivity index (χ3v) is 22.7. The molecule has 1 atom stereocenters. The molecule has 0 amide bonds. The van der Waals surface area contributed by atoms with Crippen molar-refractivity contribution in [1.29, 1.82) is 0 Å². The Hall–Kier alpha value is -15.9. The van der Waals surface area contributed by atoms with Crippen molar-refractivity contribution >= 4 is 11.4 Å². The molecule has 24 rings (SSSR count). The number of hydrogen-bond donors (Lipinski definition) is 0. The van der Waals surface area contributed by atoms with Crippen LogP contribution in [0, 0.1) is 82.9 Å². The van der Waals surface area contributed by atoms with Crippen LogP contribution >= 0.6 is 0 Å². The van der Waals surface area contributed by atoms with E-state index in [1.54, 1.807) is 10.9 Å². The number of rotatable bonds is 16. The summed E-state index contributed by atoms with van der Waals surface area (Å²) >= 11 is 0. The van der Waals surface area contributed by atoms with Crippen LogP contribution in [0.25, 0.3) is 146 Å². The van der Waals surface area contributed by atoms with Crippen LogP contribution in [0.5, 0.6) is 0 Å². The average molecular weight is 2620 g/mol. The van der Waals surface area contributed by atoms with E-state index in [0.717, 1.165) is 124 Å². The molecule has 0 N–H and O–H groups in total. The maximum Gasteiger partial charge on any atom is 4.00 e. The van der Waals surface area contributed by atoms with Crippen LogP contribution in [-0.4, -0.2) is 67.5 Å². The van der Waals surface area contributed by atoms with Crippen LogP contribution in [0.15, 0.2) is 473 Å². The van der Waals surface area contributed by atoms with Crippen LogP contribution in [-0.2, 0) is 84.3 Å². The Morgan fingerprint density at radius 1 is 0.363 bits per heavy atom. The average Bonchev–Trinajstić information content (AvgIpc) is 1.61. The number of para-hydroxylation sites is 4. The van der Waals surface area contributed by atoms with Crippen LogP contribution < -0.4 is 25.2 Å². The van der Waals surface area contributed by atoms with Gasteiger partial charge in [0.2, 0.25) is 0 Å². The summed E-state index contributed by atoms with van der Waals surface area (Å²) < 4.78 is 5.62. The molecule has 730 valence electrons. The zero-order chi connectivity index (χ0) is 97.2. The summed E-state index contributed by atoms with van der Waals surface area (Å²) in [5.41, 5.74) is 30.3. The first-order valence-corrected chi connectivity index (χ1v) is 46.4. The van der Waals surface area contributed by atoms with Crippen molar-refractivity contribution in [3.8, 4) is 146 Å². The fraction of sp³-hybridized carbons (Fsp3) is 0.0560. The van der Waals surface area contributed by atoms with E-state index in [-0.39, 0.29) is 84.3 Å². The molecule has 8 heterocycles. The van der Waals surface area contributed by atoms with E-state index in [4.69, 9.17) is 4.98 Å². The van der Waals surface area contributed by atoms with Crippen LogP contribution in [0.1, 0.15) is 29.6 Å². The normalized spacial score (nSPS) is 11.5. The second-order valence-corrected chi connectivity index (χ2v) is 32.8. The summed E-state index contributed by atoms with van der Waals surface area (Å²) in [5, 5.41) is 38.3. The predicted molar refractivity (Wildman–Crippen MR) is 568 cm³/mol. The Bertz CT molecular complexity index is 7430. The standard InChI is InChI=1S/2C22H16N2.C21H14N2.C20H13N3.C11H11N2.2C10H10N2.C9H7N2.4Pt/c1-16-21(24-22(23-16)20-10-6-3-7-11-20)19-14-12-18(13-15-19)17-8-4-2-5-9-17;1-16-21(19-10-6-3-7-11-19)23-24-22(16)20-14-12-18(13-15-20)17-8-4-2-5-9-17;1-3-7-16(8-4-1)17-11-13-19(14-12-17)21-15-20(22-23-21)18-9-5-2-6-10-18;1-3-7-15(8-4-1)16-11-13-18(14-12-16)20-21-19(22-23-20)17-9-5-2-6-10-17;1-9-8-10(2)13(12-9)11-6-4-3-5-7-11;1-11-7-8-12(9-11)10-5-3-2-4-6-10;1-9-7-8-11-12(9)10-5-3-2-4-6-10;1-2-5-9(6-3-1)11-8-4-7-10-11;;;;/h2*2-10,12-15H,1H3;1-9,11-15H;1-9,11-14H;3-6,8H,1-2H3;2*2-5,7-9H,1H3;1-5,7-8H;;;;/q4*-2;-1;-2;;-1;;;;+4. The molecule has 2 aliphatic heterocycles. The quantitative estimate of drug-likeness (QED) is 0.0660. The molecule has 6 aromatic heterocycles. The summed E-state index contributed by atoms with van der Waals surface area (Å²) in [6.07, 6.45) is 11.5. The molecule has 17 nitrogen and oxygen atoms in total. The van der Waals surface area contributed by atoms with Crippen molar-refractivity contribution in [2.45, 2.75) is 40.7 Å². The minimum absolute atomic E-state index is 0. The van der Waals surface area contributed by atoms with Gasteiger partial charge in [-0.3, -0.25) is 14.5 Å². The molecular weight excluding hydrogens is 2520 g/mol. The van der Waals surface area contributed by atoms with Gasteiger partial charge in [0.1, 0.15) is 5.69 Å². The number of anilines is 1. The minimum atomic E-state index is 0. The van der Waals surface area contributed by atoms with Crippen molar-refractivity contribution in [3.63, 3.8) is 0 Å². The number of hydrogen-bond acceptors (Lipinski definition) is 10. The molecule has 21 heteroatoms. The Morgan fingerprint density at radius 3 is 1.23 bits per heavy atom. The molecule has 1 unspecified atom stereocenters. The summed E-state index contributed by atoms with van der Waals surface area (Å²) in [7, 11) is 2.00. The molecule has 146 heavy (non-hydrogen) atoms. The van der Waals surface area contributed by atoms with E-state index in [0.29, 0.717) is 17.7 Å². The molecule has 0 saturated carbocycles. The number of aromatic nitrogens is 13.